The number of nitrogens with one attached hydrogen (secondary N) is 1. The monoisotopic (exact) mass is 301 g/mol. The number of ether oxygens (including phenoxy) is 2. The van der Waals surface area contributed by atoms with Crippen LogP contribution < -0.4 is 10.1 Å². The summed E-state index contributed by atoms with van der Waals surface area (Å²) < 4.78 is 11.1. The van der Waals surface area contributed by atoms with Gasteiger partial charge in [-0.2, -0.15) is 0 Å². The first-order chi connectivity index (χ1) is 8.13. The largest absolute Gasteiger partial charge is 0.466 e. The molecule has 0 aliphatic heterocycles. The molecule has 5 heteroatoms. The number of rotatable bonds is 6. The molecule has 1 N–H and O–H groups in total. The van der Waals surface area contributed by atoms with Crippen LogP contribution in [0.4, 0.5) is 0 Å². The Balaban J connectivity index is 2.52. The molecule has 0 saturated carbocycles. The molecule has 1 aromatic rings. The lowest BCUT2D eigenvalue weighted by Gasteiger charge is -2.09. The van der Waals surface area contributed by atoms with Crippen LogP contribution in [-0.4, -0.2) is 26.4 Å². The second kappa shape index (κ2) is 7.29. The number of benzene rings is 1. The molecule has 0 atom stereocenters. The van der Waals surface area contributed by atoms with Crippen LogP contribution in [0.15, 0.2) is 22.7 Å². The van der Waals surface area contributed by atoms with Crippen molar-refractivity contribution in [3.05, 3.63) is 28.2 Å². The van der Waals surface area contributed by atoms with Gasteiger partial charge in [-0.1, -0.05) is 6.07 Å². The maximum atomic E-state index is 10.7. The van der Waals surface area contributed by atoms with Crippen molar-refractivity contribution in [2.75, 3.05) is 20.4 Å². The van der Waals surface area contributed by atoms with E-state index in [9.17, 15) is 4.79 Å². The number of carbonyl (C=O) groups is 1. The highest BCUT2D eigenvalue weighted by Gasteiger charge is 2.02. The molecule has 0 spiro atoms. The van der Waals surface area contributed by atoms with Crippen molar-refractivity contribution >= 4 is 21.8 Å². The highest BCUT2D eigenvalue weighted by Crippen LogP contribution is 2.26. The maximum Gasteiger partial charge on any atom is 0.216 e. The van der Waals surface area contributed by atoms with Crippen LogP contribution in [0.1, 0.15) is 12.5 Å². The second-order valence-corrected chi connectivity index (χ2v) is 4.40. The van der Waals surface area contributed by atoms with Gasteiger partial charge in [-0.3, -0.25) is 4.79 Å². The summed E-state index contributed by atoms with van der Waals surface area (Å²) >= 11 is 3.43. The quantitative estimate of drug-likeness (QED) is 0.819. The minimum absolute atomic E-state index is 0.0101. The Hall–Kier alpha value is -1.07. The van der Waals surface area contributed by atoms with E-state index < -0.39 is 0 Å². The number of methoxy groups -OCH3 is 1. The topological polar surface area (TPSA) is 47.6 Å². The summed E-state index contributed by atoms with van der Waals surface area (Å²) in [6.45, 7) is 2.38. The molecule has 4 nitrogen and oxygen atoms in total. The SMILES string of the molecule is COCOc1ccc(CCNC(C)=O)cc1Br. The highest BCUT2D eigenvalue weighted by molar-refractivity contribution is 9.10. The van der Waals surface area contributed by atoms with Gasteiger partial charge in [-0.05, 0) is 40.0 Å². The highest BCUT2D eigenvalue weighted by atomic mass is 79.9. The van der Waals surface area contributed by atoms with Crippen LogP contribution in [0.2, 0.25) is 0 Å². The molecule has 0 aliphatic carbocycles. The average Bonchev–Trinajstić information content (AvgIpc) is 2.27. The minimum atomic E-state index is -0.0101. The van der Waals surface area contributed by atoms with Crippen LogP contribution in [0.25, 0.3) is 0 Å². The van der Waals surface area contributed by atoms with Gasteiger partial charge in [0, 0.05) is 20.6 Å². The predicted molar refractivity (Wildman–Crippen MR) is 69.0 cm³/mol. The fourth-order valence-electron chi connectivity index (χ4n) is 1.32. The Kier molecular flexibility index (Phi) is 6.00. The molecule has 0 aliphatic rings. The van der Waals surface area contributed by atoms with Crippen LogP contribution in [0, 0.1) is 0 Å². The molecule has 0 bridgehead atoms. The van der Waals surface area contributed by atoms with Crippen molar-refractivity contribution in [1.82, 2.24) is 5.32 Å². The molecule has 0 radical (unpaired) electrons. The van der Waals surface area contributed by atoms with Gasteiger partial charge < -0.3 is 14.8 Å². The van der Waals surface area contributed by atoms with Crippen molar-refractivity contribution in [3.8, 4) is 5.75 Å². The first-order valence-corrected chi connectivity index (χ1v) is 6.07. The standard InChI is InChI=1S/C12H16BrNO3/c1-9(15)14-6-5-10-3-4-12(11(13)7-10)17-8-16-2/h3-4,7H,5-6,8H2,1-2H3,(H,14,15). The van der Waals surface area contributed by atoms with Gasteiger partial charge >= 0.3 is 0 Å². The molecule has 0 unspecified atom stereocenters. The van der Waals surface area contributed by atoms with E-state index in [1.54, 1.807) is 7.11 Å². The molecular formula is C12H16BrNO3. The third-order valence-electron chi connectivity index (χ3n) is 2.12. The van der Waals surface area contributed by atoms with Gasteiger partial charge in [-0.15, -0.1) is 0 Å². The predicted octanol–water partition coefficient (Wildman–Crippen LogP) is 2.11. The summed E-state index contributed by atoms with van der Waals surface area (Å²) in [5.74, 6) is 0.735. The zero-order valence-corrected chi connectivity index (χ0v) is 11.5. The zero-order valence-electron chi connectivity index (χ0n) is 9.96. The molecule has 0 aromatic heterocycles. The van der Waals surface area contributed by atoms with Gasteiger partial charge in [0.15, 0.2) is 6.79 Å². The van der Waals surface area contributed by atoms with E-state index in [0.29, 0.717) is 6.54 Å². The van der Waals surface area contributed by atoms with E-state index in [-0.39, 0.29) is 12.7 Å². The number of hydrogen-bond acceptors (Lipinski definition) is 3. The Morgan fingerprint density at radius 2 is 2.24 bits per heavy atom. The van der Waals surface area contributed by atoms with Crippen LogP contribution in [0.5, 0.6) is 5.75 Å². The summed E-state index contributed by atoms with van der Waals surface area (Å²) in [5, 5.41) is 2.76. The van der Waals surface area contributed by atoms with Crippen molar-refractivity contribution in [1.29, 1.82) is 0 Å². The fraction of sp³-hybridized carbons (Fsp3) is 0.417. The van der Waals surface area contributed by atoms with Gasteiger partial charge in [0.2, 0.25) is 5.91 Å². The maximum absolute atomic E-state index is 10.7. The van der Waals surface area contributed by atoms with Gasteiger partial charge in [0.1, 0.15) is 5.75 Å². The lowest BCUT2D eigenvalue weighted by molar-refractivity contribution is -0.118. The lowest BCUT2D eigenvalue weighted by atomic mass is 10.1. The molecule has 0 heterocycles. The van der Waals surface area contributed by atoms with E-state index in [0.717, 1.165) is 22.2 Å². The first kappa shape index (κ1) is 14.0. The van der Waals surface area contributed by atoms with E-state index in [2.05, 4.69) is 21.2 Å². The molecule has 17 heavy (non-hydrogen) atoms. The second-order valence-electron chi connectivity index (χ2n) is 3.55. The van der Waals surface area contributed by atoms with Crippen molar-refractivity contribution in [2.45, 2.75) is 13.3 Å². The van der Waals surface area contributed by atoms with E-state index in [1.807, 2.05) is 18.2 Å². The first-order valence-electron chi connectivity index (χ1n) is 5.28. The zero-order chi connectivity index (χ0) is 12.7. The summed E-state index contributed by atoms with van der Waals surface area (Å²) in [6.07, 6.45) is 0.794. The molecule has 94 valence electrons. The normalized spacial score (nSPS) is 10.1. The third-order valence-corrected chi connectivity index (χ3v) is 2.74. The van der Waals surface area contributed by atoms with E-state index in [1.165, 1.54) is 6.92 Å². The number of carbonyl (C=O) groups excluding carboxylic acids is 1. The van der Waals surface area contributed by atoms with Gasteiger partial charge in [-0.25, -0.2) is 0 Å². The van der Waals surface area contributed by atoms with Crippen molar-refractivity contribution in [2.24, 2.45) is 0 Å². The summed E-state index contributed by atoms with van der Waals surface area (Å²) in [7, 11) is 1.58. The molecule has 1 aromatic carbocycles. The number of halogens is 1. The number of hydrogen-bond donors (Lipinski definition) is 1. The molecule has 1 rings (SSSR count). The Labute approximate surface area is 109 Å². The molecule has 1 amide bonds. The van der Waals surface area contributed by atoms with Crippen molar-refractivity contribution in [3.63, 3.8) is 0 Å². The smallest absolute Gasteiger partial charge is 0.216 e. The van der Waals surface area contributed by atoms with Gasteiger partial charge in [0.25, 0.3) is 0 Å². The Bertz CT molecular complexity index is 382. The molecular weight excluding hydrogens is 286 g/mol. The fourth-order valence-corrected chi connectivity index (χ4v) is 1.86. The number of amides is 1. The van der Waals surface area contributed by atoms with Crippen LogP contribution in [-0.2, 0) is 16.0 Å². The lowest BCUT2D eigenvalue weighted by Crippen LogP contribution is -2.22. The van der Waals surface area contributed by atoms with E-state index in [4.69, 9.17) is 9.47 Å². The average molecular weight is 302 g/mol. The van der Waals surface area contributed by atoms with Gasteiger partial charge in [0.05, 0.1) is 4.47 Å². The molecule has 0 fully saturated rings. The Morgan fingerprint density at radius 1 is 1.47 bits per heavy atom. The minimum Gasteiger partial charge on any atom is -0.466 e. The van der Waals surface area contributed by atoms with Crippen LogP contribution in [0.3, 0.4) is 0 Å². The van der Waals surface area contributed by atoms with Crippen molar-refractivity contribution < 1.29 is 14.3 Å². The van der Waals surface area contributed by atoms with E-state index >= 15 is 0 Å². The molecule has 0 saturated heterocycles. The summed E-state index contributed by atoms with van der Waals surface area (Å²) in [5.41, 5.74) is 1.13. The summed E-state index contributed by atoms with van der Waals surface area (Å²) in [4.78, 5) is 10.7. The Morgan fingerprint density at radius 3 is 2.82 bits per heavy atom. The summed E-state index contributed by atoms with van der Waals surface area (Å²) in [6, 6.07) is 5.83. The third kappa shape index (κ3) is 5.19. The van der Waals surface area contributed by atoms with Crippen LogP contribution >= 0.6 is 15.9 Å².